The first-order chi connectivity index (χ1) is 9.49. The van der Waals surface area contributed by atoms with Gasteiger partial charge in [-0.1, -0.05) is 13.8 Å². The van der Waals surface area contributed by atoms with Crippen LogP contribution < -0.4 is 11.1 Å². The van der Waals surface area contributed by atoms with Gasteiger partial charge in [-0.3, -0.25) is 4.79 Å². The molecule has 3 N–H and O–H groups in total. The molecular formula is C13H16FN5O. The first-order valence-corrected chi connectivity index (χ1v) is 6.20. The fraction of sp³-hybridized carbons (Fsp3) is 0.308. The molecule has 0 radical (unpaired) electrons. The average molecular weight is 277 g/mol. The van der Waals surface area contributed by atoms with Crippen molar-refractivity contribution in [1.82, 2.24) is 14.8 Å². The lowest BCUT2D eigenvalue weighted by atomic mass is 10.0. The summed E-state index contributed by atoms with van der Waals surface area (Å²) in [5.74, 6) is -0.839. The van der Waals surface area contributed by atoms with Crippen LogP contribution in [0.1, 0.15) is 13.8 Å². The first-order valence-electron chi connectivity index (χ1n) is 6.20. The third kappa shape index (κ3) is 3.00. The number of nitrogens with one attached hydrogen (secondary N) is 1. The van der Waals surface area contributed by atoms with Crippen LogP contribution in [-0.2, 0) is 4.79 Å². The summed E-state index contributed by atoms with van der Waals surface area (Å²) in [6.45, 7) is 3.69. The Labute approximate surface area is 115 Å². The number of benzene rings is 1. The second-order valence-corrected chi connectivity index (χ2v) is 4.77. The van der Waals surface area contributed by atoms with Gasteiger partial charge in [0.25, 0.3) is 0 Å². The van der Waals surface area contributed by atoms with Gasteiger partial charge >= 0.3 is 0 Å². The van der Waals surface area contributed by atoms with Gasteiger partial charge in [0.15, 0.2) is 5.82 Å². The highest BCUT2D eigenvalue weighted by Gasteiger charge is 2.17. The predicted molar refractivity (Wildman–Crippen MR) is 72.8 cm³/mol. The molecule has 20 heavy (non-hydrogen) atoms. The van der Waals surface area contributed by atoms with Gasteiger partial charge in [0, 0.05) is 5.69 Å². The number of halogens is 1. The maximum atomic E-state index is 14.0. The minimum Gasteiger partial charge on any atom is -0.325 e. The molecule has 1 amide bonds. The van der Waals surface area contributed by atoms with Crippen LogP contribution in [0.5, 0.6) is 0 Å². The summed E-state index contributed by atoms with van der Waals surface area (Å²) in [7, 11) is 0. The zero-order valence-electron chi connectivity index (χ0n) is 11.2. The van der Waals surface area contributed by atoms with E-state index >= 15 is 0 Å². The quantitative estimate of drug-likeness (QED) is 0.882. The number of hydrogen-bond acceptors (Lipinski definition) is 4. The van der Waals surface area contributed by atoms with E-state index in [9.17, 15) is 9.18 Å². The standard InChI is InChI=1S/C13H16FN5O/c1-8(2)12(15)13(20)18-9-3-4-11(10(14)5-9)19-7-16-6-17-19/h3-8,12H,15H2,1-2H3,(H,18,20). The van der Waals surface area contributed by atoms with Gasteiger partial charge < -0.3 is 11.1 Å². The Hall–Kier alpha value is -2.28. The Balaban J connectivity index is 2.16. The van der Waals surface area contributed by atoms with Crippen LogP contribution in [0.3, 0.4) is 0 Å². The summed E-state index contributed by atoms with van der Waals surface area (Å²) in [5, 5.41) is 6.43. The van der Waals surface area contributed by atoms with E-state index in [1.165, 1.54) is 29.5 Å². The van der Waals surface area contributed by atoms with Crippen molar-refractivity contribution >= 4 is 11.6 Å². The fourth-order valence-electron chi connectivity index (χ4n) is 1.63. The zero-order valence-corrected chi connectivity index (χ0v) is 11.2. The molecule has 1 aromatic carbocycles. The summed E-state index contributed by atoms with van der Waals surface area (Å²) in [5.41, 5.74) is 6.34. The van der Waals surface area contributed by atoms with Crippen molar-refractivity contribution in [1.29, 1.82) is 0 Å². The molecule has 0 aliphatic heterocycles. The molecule has 2 rings (SSSR count). The molecule has 7 heteroatoms. The predicted octanol–water partition coefficient (Wildman–Crippen LogP) is 1.33. The van der Waals surface area contributed by atoms with E-state index in [0.717, 1.165) is 0 Å². The number of carbonyl (C=O) groups is 1. The molecule has 1 aromatic heterocycles. The number of hydrogen-bond donors (Lipinski definition) is 2. The van der Waals surface area contributed by atoms with E-state index in [1.807, 2.05) is 13.8 Å². The van der Waals surface area contributed by atoms with Crippen molar-refractivity contribution in [3.63, 3.8) is 0 Å². The summed E-state index contributed by atoms with van der Waals surface area (Å²) < 4.78 is 15.3. The average Bonchev–Trinajstić information content (AvgIpc) is 2.91. The smallest absolute Gasteiger partial charge is 0.241 e. The molecule has 0 fully saturated rings. The normalized spacial score (nSPS) is 12.4. The summed E-state index contributed by atoms with van der Waals surface area (Å²) >= 11 is 0. The lowest BCUT2D eigenvalue weighted by Gasteiger charge is -2.15. The van der Waals surface area contributed by atoms with Gasteiger partial charge in [0.05, 0.1) is 6.04 Å². The van der Waals surface area contributed by atoms with Gasteiger partial charge in [0.1, 0.15) is 18.3 Å². The van der Waals surface area contributed by atoms with Crippen LogP contribution in [-0.4, -0.2) is 26.7 Å². The van der Waals surface area contributed by atoms with Crippen molar-refractivity contribution in [2.45, 2.75) is 19.9 Å². The molecule has 0 aliphatic rings. The molecule has 106 valence electrons. The number of aromatic nitrogens is 3. The largest absolute Gasteiger partial charge is 0.325 e. The molecule has 0 saturated carbocycles. The van der Waals surface area contributed by atoms with Gasteiger partial charge in [-0.15, -0.1) is 0 Å². The van der Waals surface area contributed by atoms with Crippen molar-refractivity contribution in [3.8, 4) is 5.69 Å². The summed E-state index contributed by atoms with van der Waals surface area (Å²) in [6.07, 6.45) is 2.71. The van der Waals surface area contributed by atoms with E-state index in [0.29, 0.717) is 5.69 Å². The second-order valence-electron chi connectivity index (χ2n) is 4.77. The zero-order chi connectivity index (χ0) is 14.7. The van der Waals surface area contributed by atoms with Gasteiger partial charge in [-0.2, -0.15) is 5.10 Å². The van der Waals surface area contributed by atoms with E-state index < -0.39 is 11.9 Å². The van der Waals surface area contributed by atoms with Crippen LogP contribution in [0, 0.1) is 11.7 Å². The molecule has 0 bridgehead atoms. The number of rotatable bonds is 4. The highest BCUT2D eigenvalue weighted by molar-refractivity contribution is 5.94. The third-order valence-corrected chi connectivity index (χ3v) is 2.90. The number of anilines is 1. The van der Waals surface area contributed by atoms with E-state index in [2.05, 4.69) is 15.4 Å². The number of carbonyl (C=O) groups excluding carboxylic acids is 1. The Morgan fingerprint density at radius 3 is 2.75 bits per heavy atom. The monoisotopic (exact) mass is 277 g/mol. The van der Waals surface area contributed by atoms with Crippen LogP contribution in [0.2, 0.25) is 0 Å². The number of nitrogens with two attached hydrogens (primary N) is 1. The van der Waals surface area contributed by atoms with Gasteiger partial charge in [0.2, 0.25) is 5.91 Å². The Morgan fingerprint density at radius 1 is 1.45 bits per heavy atom. The molecule has 0 saturated heterocycles. The highest BCUT2D eigenvalue weighted by atomic mass is 19.1. The Kier molecular flexibility index (Phi) is 4.09. The molecule has 1 heterocycles. The van der Waals surface area contributed by atoms with Crippen LogP contribution in [0.4, 0.5) is 10.1 Å². The van der Waals surface area contributed by atoms with Crippen LogP contribution >= 0.6 is 0 Å². The molecule has 2 aromatic rings. The summed E-state index contributed by atoms with van der Waals surface area (Å²) in [4.78, 5) is 15.5. The maximum absolute atomic E-state index is 14.0. The number of nitrogens with zero attached hydrogens (tertiary/aromatic N) is 3. The maximum Gasteiger partial charge on any atom is 0.241 e. The van der Waals surface area contributed by atoms with Gasteiger partial charge in [-0.25, -0.2) is 14.1 Å². The molecule has 0 spiro atoms. The molecule has 1 atom stereocenters. The lowest BCUT2D eigenvalue weighted by molar-refractivity contribution is -0.118. The molecule has 6 nitrogen and oxygen atoms in total. The van der Waals surface area contributed by atoms with E-state index in [4.69, 9.17) is 5.73 Å². The van der Waals surface area contributed by atoms with Crippen molar-refractivity contribution in [3.05, 3.63) is 36.7 Å². The molecule has 1 unspecified atom stereocenters. The fourth-order valence-corrected chi connectivity index (χ4v) is 1.63. The third-order valence-electron chi connectivity index (χ3n) is 2.90. The second kappa shape index (κ2) is 5.79. The Morgan fingerprint density at radius 2 is 2.20 bits per heavy atom. The Bertz CT molecular complexity index is 597. The highest BCUT2D eigenvalue weighted by Crippen LogP contribution is 2.17. The minimum atomic E-state index is -0.631. The molecule has 0 aliphatic carbocycles. The van der Waals surface area contributed by atoms with Crippen LogP contribution in [0.15, 0.2) is 30.9 Å². The van der Waals surface area contributed by atoms with Crippen molar-refractivity contribution in [2.24, 2.45) is 11.7 Å². The van der Waals surface area contributed by atoms with E-state index in [-0.39, 0.29) is 17.5 Å². The number of amides is 1. The van der Waals surface area contributed by atoms with Gasteiger partial charge in [-0.05, 0) is 24.1 Å². The van der Waals surface area contributed by atoms with Crippen molar-refractivity contribution < 1.29 is 9.18 Å². The molecular weight excluding hydrogens is 261 g/mol. The topological polar surface area (TPSA) is 85.8 Å². The summed E-state index contributed by atoms with van der Waals surface area (Å²) in [6, 6.07) is 3.70. The first kappa shape index (κ1) is 14.1. The lowest BCUT2D eigenvalue weighted by Crippen LogP contribution is -2.39. The minimum absolute atomic E-state index is 0.00858. The van der Waals surface area contributed by atoms with Crippen molar-refractivity contribution in [2.75, 3.05) is 5.32 Å². The SMILES string of the molecule is CC(C)C(N)C(=O)Nc1ccc(-n2cncn2)c(F)c1. The van der Waals surface area contributed by atoms with E-state index in [1.54, 1.807) is 6.07 Å². The van der Waals surface area contributed by atoms with Crippen LogP contribution in [0.25, 0.3) is 5.69 Å².